The van der Waals surface area contributed by atoms with Gasteiger partial charge in [-0.2, -0.15) is 0 Å². The largest absolute Gasteiger partial charge is 2.00 e. The fourth-order valence-electron chi connectivity index (χ4n) is 0. The molecule has 0 saturated carbocycles. The molecular formula is BaCl2O8. The predicted octanol–water partition coefficient (Wildman–Crippen LogP) is -9.89. The molecule has 0 aliphatic rings. The third-order valence-corrected chi connectivity index (χ3v) is 0. The van der Waals surface area contributed by atoms with Crippen molar-refractivity contribution >= 4 is 48.9 Å². The number of rotatable bonds is 0. The van der Waals surface area contributed by atoms with Crippen LogP contribution in [0.15, 0.2) is 0 Å². The Morgan fingerprint density at radius 3 is 0.455 bits per heavy atom. The van der Waals surface area contributed by atoms with E-state index in [1.807, 2.05) is 0 Å². The van der Waals surface area contributed by atoms with Gasteiger partial charge in [0, 0.05) is 0 Å². The average Bonchev–Trinajstić information content (AvgIpc) is 1.12. The SMILES string of the molecule is [Ba+2].[O-][Cl+3]([O-])([O-])[O-].[O-][Cl+3]([O-])([O-])[O-]. The number of hydrogen-bond acceptors (Lipinski definition) is 8. The molecule has 0 N–H and O–H groups in total. The topological polar surface area (TPSA) is 184 Å². The van der Waals surface area contributed by atoms with Gasteiger partial charge in [-0.15, -0.1) is 20.5 Å². The smallest absolute Gasteiger partial charge is 0.222 e. The van der Waals surface area contributed by atoms with Crippen LogP contribution in [0.2, 0.25) is 0 Å². The van der Waals surface area contributed by atoms with Gasteiger partial charge in [0.05, 0.1) is 0 Å². The molecule has 0 heterocycles. The van der Waals surface area contributed by atoms with Crippen LogP contribution in [0.3, 0.4) is 0 Å². The molecule has 0 atom stereocenters. The summed E-state index contributed by atoms with van der Waals surface area (Å²) >= 11 is 0. The summed E-state index contributed by atoms with van der Waals surface area (Å²) < 4.78 is 67.9. The normalized spacial score (nSPS) is 10.9. The quantitative estimate of drug-likeness (QED) is 0.390. The van der Waals surface area contributed by atoms with Gasteiger partial charge in [0.1, 0.15) is 0 Å². The Morgan fingerprint density at radius 1 is 0.455 bits per heavy atom. The van der Waals surface area contributed by atoms with Crippen LogP contribution in [-0.2, 0) is 0 Å². The van der Waals surface area contributed by atoms with Gasteiger partial charge in [0.15, 0.2) is 0 Å². The molecule has 0 radical (unpaired) electrons. The molecule has 0 rings (SSSR count). The Balaban J connectivity index is -0.000000107. The van der Waals surface area contributed by atoms with E-state index < -0.39 is 20.5 Å². The van der Waals surface area contributed by atoms with Crippen LogP contribution in [0.25, 0.3) is 0 Å². The minimum absolute atomic E-state index is 0. The van der Waals surface area contributed by atoms with Crippen LogP contribution in [0, 0.1) is 20.5 Å². The maximum absolute atomic E-state index is 8.49. The third-order valence-electron chi connectivity index (χ3n) is 0. The van der Waals surface area contributed by atoms with Crippen molar-refractivity contribution in [2.75, 3.05) is 0 Å². The molecule has 0 aromatic rings. The molecule has 0 spiro atoms. The molecule has 0 saturated heterocycles. The van der Waals surface area contributed by atoms with Gasteiger partial charge >= 0.3 is 48.9 Å². The van der Waals surface area contributed by atoms with E-state index >= 15 is 0 Å². The molecule has 0 bridgehead atoms. The Labute approximate surface area is 105 Å². The van der Waals surface area contributed by atoms with Gasteiger partial charge in [0.2, 0.25) is 0 Å². The summed E-state index contributed by atoms with van der Waals surface area (Å²) in [4.78, 5) is 0. The minimum atomic E-state index is -4.94. The summed E-state index contributed by atoms with van der Waals surface area (Å²) in [5, 5.41) is 0. The molecule has 0 aromatic heterocycles. The van der Waals surface area contributed by atoms with Crippen molar-refractivity contribution < 1.29 is 57.8 Å². The minimum Gasteiger partial charge on any atom is -0.222 e. The van der Waals surface area contributed by atoms with Crippen LogP contribution in [0.1, 0.15) is 0 Å². The van der Waals surface area contributed by atoms with Gasteiger partial charge in [-0.1, -0.05) is 0 Å². The number of hydrogen-bond donors (Lipinski definition) is 0. The van der Waals surface area contributed by atoms with Crippen molar-refractivity contribution in [1.82, 2.24) is 0 Å². The third kappa shape index (κ3) is 341. The van der Waals surface area contributed by atoms with Crippen LogP contribution in [0.4, 0.5) is 0 Å². The predicted molar refractivity (Wildman–Crippen MR) is 5.75 cm³/mol. The molecule has 0 unspecified atom stereocenters. The second kappa shape index (κ2) is 7.26. The Hall–Kier alpha value is 1.83. The van der Waals surface area contributed by atoms with E-state index in [0.717, 1.165) is 0 Å². The van der Waals surface area contributed by atoms with E-state index in [4.69, 9.17) is 37.3 Å². The maximum atomic E-state index is 8.49. The first-order valence-corrected chi connectivity index (χ1v) is 3.70. The molecule has 0 aromatic carbocycles. The van der Waals surface area contributed by atoms with Crippen LogP contribution >= 0.6 is 0 Å². The first-order valence-electron chi connectivity index (χ1n) is 1.23. The van der Waals surface area contributed by atoms with Gasteiger partial charge in [0.25, 0.3) is 0 Å². The molecular weight excluding hydrogens is 336 g/mol. The van der Waals surface area contributed by atoms with Gasteiger partial charge < -0.3 is 0 Å². The number of halogens is 2. The summed E-state index contributed by atoms with van der Waals surface area (Å²) in [5.41, 5.74) is 0. The Kier molecular flexibility index (Phi) is 12.3. The van der Waals surface area contributed by atoms with Crippen molar-refractivity contribution in [3.05, 3.63) is 0 Å². The summed E-state index contributed by atoms with van der Waals surface area (Å²) in [6.07, 6.45) is 0. The summed E-state index contributed by atoms with van der Waals surface area (Å²) in [7, 11) is -9.89. The van der Waals surface area contributed by atoms with Crippen molar-refractivity contribution in [2.45, 2.75) is 0 Å². The van der Waals surface area contributed by atoms with Gasteiger partial charge in [-0.3, -0.25) is 0 Å². The average molecular weight is 336 g/mol. The van der Waals surface area contributed by atoms with Crippen molar-refractivity contribution in [3.63, 3.8) is 0 Å². The molecule has 11 heavy (non-hydrogen) atoms. The van der Waals surface area contributed by atoms with Crippen LogP contribution in [-0.4, -0.2) is 48.9 Å². The first kappa shape index (κ1) is 18.6. The van der Waals surface area contributed by atoms with Crippen molar-refractivity contribution in [1.29, 1.82) is 0 Å². The van der Waals surface area contributed by atoms with Crippen LogP contribution in [0.5, 0.6) is 0 Å². The van der Waals surface area contributed by atoms with E-state index in [9.17, 15) is 0 Å². The molecule has 0 aliphatic heterocycles. The second-order valence-corrected chi connectivity index (χ2v) is 2.27. The zero-order valence-electron chi connectivity index (χ0n) is 4.73. The summed E-state index contributed by atoms with van der Waals surface area (Å²) in [6.45, 7) is 0. The van der Waals surface area contributed by atoms with E-state index in [1.165, 1.54) is 0 Å². The maximum Gasteiger partial charge on any atom is 2.00 e. The van der Waals surface area contributed by atoms with E-state index in [-0.39, 0.29) is 48.9 Å². The van der Waals surface area contributed by atoms with E-state index in [0.29, 0.717) is 0 Å². The van der Waals surface area contributed by atoms with E-state index in [2.05, 4.69) is 0 Å². The van der Waals surface area contributed by atoms with E-state index in [1.54, 1.807) is 0 Å². The van der Waals surface area contributed by atoms with Crippen molar-refractivity contribution in [3.8, 4) is 0 Å². The molecule has 8 nitrogen and oxygen atoms in total. The van der Waals surface area contributed by atoms with Gasteiger partial charge in [-0.25, -0.2) is 37.3 Å². The van der Waals surface area contributed by atoms with Crippen LogP contribution < -0.4 is 37.3 Å². The standard InChI is InChI=1S/Ba.2ClHO4/c;2*2-1(3,4)5/h;2*(H,2,3,4,5)/q+2;;/p-2. The molecule has 0 fully saturated rings. The molecule has 0 amide bonds. The molecule has 64 valence electrons. The first-order chi connectivity index (χ1) is 4.00. The fraction of sp³-hybridized carbons (Fsp3) is 0. The van der Waals surface area contributed by atoms with Crippen molar-refractivity contribution in [2.24, 2.45) is 0 Å². The monoisotopic (exact) mass is 336 g/mol. The zero-order chi connectivity index (χ0) is 9.00. The summed E-state index contributed by atoms with van der Waals surface area (Å²) in [6, 6.07) is 0. The molecule has 0 aliphatic carbocycles. The Morgan fingerprint density at radius 2 is 0.455 bits per heavy atom. The summed E-state index contributed by atoms with van der Waals surface area (Å²) in [5.74, 6) is 0. The second-order valence-electron chi connectivity index (χ2n) is 0.756. The zero-order valence-corrected chi connectivity index (χ0v) is 10.7. The van der Waals surface area contributed by atoms with Gasteiger partial charge in [-0.05, 0) is 0 Å². The fourth-order valence-corrected chi connectivity index (χ4v) is 0. The molecule has 11 heteroatoms. The Bertz CT molecular complexity index is 55.1.